The minimum absolute atomic E-state index is 0.256. The molecule has 1 fully saturated rings. The van der Waals surface area contributed by atoms with Crippen LogP contribution in [-0.2, 0) is 10.3 Å². The van der Waals surface area contributed by atoms with Crippen LogP contribution in [0.5, 0.6) is 5.75 Å². The van der Waals surface area contributed by atoms with Gasteiger partial charge in [-0.1, -0.05) is 17.7 Å². The van der Waals surface area contributed by atoms with Gasteiger partial charge in [0.05, 0.1) is 47.9 Å². The predicted octanol–water partition coefficient (Wildman–Crippen LogP) is 3.62. The van der Waals surface area contributed by atoms with E-state index in [1.165, 1.54) is 6.20 Å². The molecule has 40 heavy (non-hydrogen) atoms. The summed E-state index contributed by atoms with van der Waals surface area (Å²) in [4.78, 5) is 6.67. The highest BCUT2D eigenvalue weighted by atomic mass is 32.2. The normalized spacial score (nSPS) is 15.1. The van der Waals surface area contributed by atoms with Gasteiger partial charge in [0, 0.05) is 30.4 Å². The third-order valence-corrected chi connectivity index (χ3v) is 8.03. The van der Waals surface area contributed by atoms with Crippen LogP contribution in [-0.4, -0.2) is 64.5 Å². The van der Waals surface area contributed by atoms with Crippen LogP contribution in [0.25, 0.3) is 16.6 Å². The van der Waals surface area contributed by atoms with E-state index in [0.29, 0.717) is 48.0 Å². The molecule has 0 amide bonds. The molecule has 208 valence electrons. The molecule has 12 heteroatoms. The maximum atomic E-state index is 12.1. The molecular weight excluding hydrogens is 532 g/mol. The molecule has 0 saturated carbocycles. The fraction of sp³-hybridized carbons (Fsp3) is 0.321. The molecule has 4 heterocycles. The molecule has 11 nitrogen and oxygen atoms in total. The number of aryl methyl sites for hydroxylation is 1. The number of hydrogen-bond acceptors (Lipinski definition) is 8. The van der Waals surface area contributed by atoms with Crippen LogP contribution in [0.1, 0.15) is 30.9 Å². The lowest BCUT2D eigenvalue weighted by molar-refractivity contribution is 0.0256. The third kappa shape index (κ3) is 5.58. The van der Waals surface area contributed by atoms with Crippen LogP contribution in [0, 0.1) is 18.3 Å². The van der Waals surface area contributed by atoms with Gasteiger partial charge in [-0.05, 0) is 57.0 Å². The number of nitriles is 1. The Kier molecular flexibility index (Phi) is 7.37. The molecule has 5 rings (SSSR count). The number of ether oxygens (including phenoxy) is 1. The summed E-state index contributed by atoms with van der Waals surface area (Å²) in [6.45, 7) is 4.90. The Labute approximate surface area is 232 Å². The SMILES string of the molecule is CCOc1cc(-c2ccc(N3CCC(O)(CN(c4ccc(C)cc4)S(=O)(=O)O)CC3)nc2)c2c(C#N)cnn2c1. The van der Waals surface area contributed by atoms with E-state index in [1.807, 2.05) is 36.9 Å². The average Bonchev–Trinajstić information content (AvgIpc) is 3.35. The molecule has 0 bridgehead atoms. The summed E-state index contributed by atoms with van der Waals surface area (Å²) in [6, 6.07) is 14.6. The van der Waals surface area contributed by atoms with Crippen molar-refractivity contribution in [3.05, 3.63) is 72.2 Å². The number of benzene rings is 1. The molecule has 0 radical (unpaired) electrons. The monoisotopic (exact) mass is 562 g/mol. The number of rotatable bonds is 8. The molecule has 1 saturated heterocycles. The lowest BCUT2D eigenvalue weighted by Crippen LogP contribution is -2.52. The number of nitrogens with zero attached hydrogens (tertiary/aromatic N) is 6. The van der Waals surface area contributed by atoms with E-state index in [-0.39, 0.29) is 19.4 Å². The first-order valence-corrected chi connectivity index (χ1v) is 14.3. The van der Waals surface area contributed by atoms with Gasteiger partial charge >= 0.3 is 10.3 Å². The smallest absolute Gasteiger partial charge is 0.360 e. The lowest BCUT2D eigenvalue weighted by Gasteiger charge is -2.40. The summed E-state index contributed by atoms with van der Waals surface area (Å²) in [5.41, 5.74) is 2.60. The molecule has 3 aromatic heterocycles. The molecule has 2 N–H and O–H groups in total. The Bertz CT molecular complexity index is 1650. The van der Waals surface area contributed by atoms with Gasteiger partial charge in [-0.25, -0.2) is 13.8 Å². The predicted molar refractivity (Wildman–Crippen MR) is 151 cm³/mol. The van der Waals surface area contributed by atoms with Crippen molar-refractivity contribution in [2.45, 2.75) is 32.3 Å². The van der Waals surface area contributed by atoms with Gasteiger partial charge in [0.25, 0.3) is 0 Å². The van der Waals surface area contributed by atoms with Gasteiger partial charge < -0.3 is 14.7 Å². The first-order chi connectivity index (χ1) is 19.1. The topological polar surface area (TPSA) is 144 Å². The fourth-order valence-corrected chi connectivity index (χ4v) is 5.76. The van der Waals surface area contributed by atoms with Gasteiger partial charge in [-0.15, -0.1) is 0 Å². The van der Waals surface area contributed by atoms with Crippen LogP contribution in [0.2, 0.25) is 0 Å². The van der Waals surface area contributed by atoms with E-state index < -0.39 is 15.9 Å². The zero-order chi connectivity index (χ0) is 28.5. The van der Waals surface area contributed by atoms with Crippen LogP contribution < -0.4 is 13.9 Å². The van der Waals surface area contributed by atoms with Crippen molar-refractivity contribution >= 4 is 27.3 Å². The number of fused-ring (bicyclic) bond motifs is 1. The van der Waals surface area contributed by atoms with Crippen molar-refractivity contribution in [1.82, 2.24) is 14.6 Å². The Balaban J connectivity index is 1.33. The van der Waals surface area contributed by atoms with E-state index in [9.17, 15) is 23.3 Å². The highest BCUT2D eigenvalue weighted by molar-refractivity contribution is 7.87. The van der Waals surface area contributed by atoms with Crippen LogP contribution in [0.3, 0.4) is 0 Å². The van der Waals surface area contributed by atoms with E-state index >= 15 is 0 Å². The molecule has 0 spiro atoms. The molecule has 0 unspecified atom stereocenters. The van der Waals surface area contributed by atoms with E-state index in [0.717, 1.165) is 21.0 Å². The molecule has 1 aliphatic rings. The highest BCUT2D eigenvalue weighted by Gasteiger charge is 2.37. The third-order valence-electron chi connectivity index (χ3n) is 7.13. The largest absolute Gasteiger partial charge is 0.492 e. The van der Waals surface area contributed by atoms with Crippen molar-refractivity contribution in [2.24, 2.45) is 0 Å². The molecular formula is C28H30N6O5S. The number of piperidine rings is 1. The number of pyridine rings is 2. The summed E-state index contributed by atoms with van der Waals surface area (Å²) in [5, 5.41) is 25.1. The Morgan fingerprint density at radius 1 is 1.15 bits per heavy atom. The summed E-state index contributed by atoms with van der Waals surface area (Å²) in [6.07, 6.45) is 5.56. The Morgan fingerprint density at radius 2 is 1.88 bits per heavy atom. The number of hydrogen-bond donors (Lipinski definition) is 2. The van der Waals surface area contributed by atoms with Crippen molar-refractivity contribution in [3.8, 4) is 22.9 Å². The van der Waals surface area contributed by atoms with Gasteiger partial charge in [-0.3, -0.25) is 4.55 Å². The van der Waals surface area contributed by atoms with Crippen LogP contribution >= 0.6 is 0 Å². The molecule has 0 atom stereocenters. The van der Waals surface area contributed by atoms with Gasteiger partial charge in [0.15, 0.2) is 0 Å². The van der Waals surface area contributed by atoms with Crippen molar-refractivity contribution < 1.29 is 22.8 Å². The van der Waals surface area contributed by atoms with Gasteiger partial charge in [0.2, 0.25) is 0 Å². The zero-order valence-corrected chi connectivity index (χ0v) is 23.0. The first-order valence-electron chi connectivity index (χ1n) is 12.9. The zero-order valence-electron chi connectivity index (χ0n) is 22.2. The van der Waals surface area contributed by atoms with Gasteiger partial charge in [-0.2, -0.15) is 18.8 Å². The minimum Gasteiger partial charge on any atom is -0.492 e. The molecule has 0 aliphatic carbocycles. The standard InChI is InChI=1S/C28H30N6O5S/c1-3-39-24-14-25(27-22(15-29)17-31-33(27)18-24)21-6-9-26(30-16-21)32-12-10-28(35,11-13-32)19-34(40(36,37)38)23-7-4-20(2)5-8-23/h4-9,14,16-18,35H,3,10-13,19H2,1-2H3,(H,36,37,38). The maximum Gasteiger partial charge on any atom is 0.360 e. The number of aliphatic hydroxyl groups is 1. The van der Waals surface area contributed by atoms with Crippen molar-refractivity contribution in [1.29, 1.82) is 5.26 Å². The molecule has 1 aromatic carbocycles. The summed E-state index contributed by atoms with van der Waals surface area (Å²) >= 11 is 0. The van der Waals surface area contributed by atoms with E-state index in [2.05, 4.69) is 16.2 Å². The van der Waals surface area contributed by atoms with Crippen molar-refractivity contribution in [2.75, 3.05) is 35.4 Å². The van der Waals surface area contributed by atoms with Gasteiger partial charge in [0.1, 0.15) is 17.6 Å². The maximum absolute atomic E-state index is 12.1. The van der Waals surface area contributed by atoms with Crippen molar-refractivity contribution in [3.63, 3.8) is 0 Å². The minimum atomic E-state index is -4.58. The quantitative estimate of drug-likeness (QED) is 0.308. The fourth-order valence-electron chi connectivity index (χ4n) is 4.97. The Morgan fingerprint density at radius 3 is 2.48 bits per heavy atom. The number of anilines is 2. The second-order valence-corrected chi connectivity index (χ2v) is 11.3. The molecule has 1 aliphatic heterocycles. The summed E-state index contributed by atoms with van der Waals surface area (Å²) < 4.78 is 42.3. The van der Waals surface area contributed by atoms with E-state index in [1.54, 1.807) is 41.2 Å². The van der Waals surface area contributed by atoms with Crippen LogP contribution in [0.15, 0.2) is 61.1 Å². The van der Waals surface area contributed by atoms with Crippen LogP contribution in [0.4, 0.5) is 11.5 Å². The second-order valence-electron chi connectivity index (χ2n) is 9.92. The molecule has 4 aromatic rings. The number of aromatic nitrogens is 3. The van der Waals surface area contributed by atoms with E-state index in [4.69, 9.17) is 4.74 Å². The average molecular weight is 563 g/mol. The second kappa shape index (κ2) is 10.8. The Hall–Kier alpha value is -4.18. The first kappa shape index (κ1) is 27.4. The highest BCUT2D eigenvalue weighted by Crippen LogP contribution is 2.33. The summed E-state index contributed by atoms with van der Waals surface area (Å²) in [7, 11) is -4.58. The lowest BCUT2D eigenvalue weighted by atomic mass is 9.91. The summed E-state index contributed by atoms with van der Waals surface area (Å²) in [5.74, 6) is 1.34.